The van der Waals surface area contributed by atoms with E-state index < -0.39 is 10.1 Å². The molecule has 1 aliphatic rings. The van der Waals surface area contributed by atoms with Gasteiger partial charge in [-0.2, -0.15) is 13.0 Å². The Balaban J connectivity index is 1.74. The summed E-state index contributed by atoms with van der Waals surface area (Å²) in [5.41, 5.74) is 3.34. The summed E-state index contributed by atoms with van der Waals surface area (Å²) in [6.45, 7) is 5.63. The number of ether oxygens (including phenoxy) is 2. The number of methoxy groups -OCH3 is 2. The van der Waals surface area contributed by atoms with Crippen molar-refractivity contribution in [1.29, 1.82) is 0 Å². The van der Waals surface area contributed by atoms with Crippen LogP contribution in [0.4, 0.5) is 5.69 Å². The van der Waals surface area contributed by atoms with Crippen molar-refractivity contribution in [2.24, 2.45) is 0 Å². The van der Waals surface area contributed by atoms with Crippen LogP contribution in [0.15, 0.2) is 58.0 Å². The smallest absolute Gasteiger partial charge is 0.264 e. The van der Waals surface area contributed by atoms with Crippen LogP contribution in [0.25, 0.3) is 16.3 Å². The summed E-state index contributed by atoms with van der Waals surface area (Å²) in [7, 11) is -0.702. The molecule has 2 aromatic carbocycles. The number of nitrogens with zero attached hydrogens (tertiary/aromatic N) is 2. The highest BCUT2D eigenvalue weighted by Crippen LogP contribution is 2.48. The van der Waals surface area contributed by atoms with Gasteiger partial charge < -0.3 is 14.4 Å². The Morgan fingerprint density at radius 3 is 2.51 bits per heavy atom. The van der Waals surface area contributed by atoms with Gasteiger partial charge in [0.2, 0.25) is 5.52 Å². The van der Waals surface area contributed by atoms with E-state index in [1.807, 2.05) is 24.3 Å². The van der Waals surface area contributed by atoms with Gasteiger partial charge in [0.15, 0.2) is 0 Å². The standard InChI is InChI=1S/C27H32N2O5S3/c1-5-8-19(15-26-28(6-2)22-17-20(33-3)9-11-24(22)35-26)16-27-29(13-7-14-37(30,31)32)23-18-21(34-4)10-12-25(23)36-27/h9-12,15-18H,5-8,13-14H2,1-4H3/p+1. The van der Waals surface area contributed by atoms with Gasteiger partial charge in [0.25, 0.3) is 15.1 Å². The number of aryl methyl sites for hydroxylation is 1. The van der Waals surface area contributed by atoms with Gasteiger partial charge in [-0.15, -0.1) is 0 Å². The van der Waals surface area contributed by atoms with E-state index >= 15 is 0 Å². The fourth-order valence-electron chi connectivity index (χ4n) is 4.38. The Kier molecular flexibility index (Phi) is 8.84. The molecule has 1 aliphatic heterocycles. The molecule has 7 nitrogen and oxygen atoms in total. The second-order valence-electron chi connectivity index (χ2n) is 8.70. The van der Waals surface area contributed by atoms with Crippen molar-refractivity contribution >= 4 is 55.2 Å². The van der Waals surface area contributed by atoms with Gasteiger partial charge in [0.1, 0.15) is 22.7 Å². The molecule has 0 aliphatic carbocycles. The second kappa shape index (κ2) is 11.9. The maximum absolute atomic E-state index is 11.4. The summed E-state index contributed by atoms with van der Waals surface area (Å²) in [4.78, 5) is 3.22. The van der Waals surface area contributed by atoms with E-state index in [-0.39, 0.29) is 5.75 Å². The van der Waals surface area contributed by atoms with Crippen molar-refractivity contribution in [2.45, 2.75) is 44.6 Å². The predicted molar refractivity (Wildman–Crippen MR) is 152 cm³/mol. The zero-order chi connectivity index (χ0) is 26.6. The third-order valence-electron chi connectivity index (χ3n) is 6.13. The predicted octanol–water partition coefficient (Wildman–Crippen LogP) is 6.14. The number of hydrogen-bond donors (Lipinski definition) is 1. The van der Waals surface area contributed by atoms with Gasteiger partial charge in [-0.05, 0) is 55.7 Å². The Hall–Kier alpha value is -2.53. The van der Waals surface area contributed by atoms with Crippen LogP contribution in [0.2, 0.25) is 0 Å². The summed E-state index contributed by atoms with van der Waals surface area (Å²) >= 11 is 3.42. The second-order valence-corrected chi connectivity index (χ2v) is 12.4. The number of rotatable bonds is 11. The number of anilines is 1. The summed E-state index contributed by atoms with van der Waals surface area (Å²) in [6.07, 6.45) is 6.68. The molecule has 1 N–H and O–H groups in total. The summed E-state index contributed by atoms with van der Waals surface area (Å²) in [6, 6.07) is 12.1. The summed E-state index contributed by atoms with van der Waals surface area (Å²) < 4.78 is 46.4. The monoisotopic (exact) mass is 561 g/mol. The minimum absolute atomic E-state index is 0.278. The lowest BCUT2D eigenvalue weighted by atomic mass is 10.1. The number of thioether (sulfide) groups is 1. The van der Waals surface area contributed by atoms with Gasteiger partial charge in [0, 0.05) is 23.6 Å². The van der Waals surface area contributed by atoms with Crippen molar-refractivity contribution < 1.29 is 27.0 Å². The van der Waals surface area contributed by atoms with Gasteiger partial charge in [-0.25, -0.2) is 0 Å². The van der Waals surface area contributed by atoms with Gasteiger partial charge in [-0.3, -0.25) is 4.55 Å². The molecule has 0 saturated carbocycles. The van der Waals surface area contributed by atoms with Crippen LogP contribution < -0.4 is 18.9 Å². The van der Waals surface area contributed by atoms with Crippen LogP contribution in [0, 0.1) is 0 Å². The van der Waals surface area contributed by atoms with E-state index in [2.05, 4.69) is 47.6 Å². The number of aromatic nitrogens is 1. The molecule has 3 aromatic rings. The molecule has 0 saturated heterocycles. The Morgan fingerprint density at radius 1 is 1.11 bits per heavy atom. The molecule has 10 heteroatoms. The largest absolute Gasteiger partial charge is 0.497 e. The van der Waals surface area contributed by atoms with Gasteiger partial charge >= 0.3 is 0 Å². The SMILES string of the molecule is CCCC(=Cc1sc2ccc(OC)cc2[n+]1CC)C=C1Sc2ccc(OC)cc2N1CCCS(=O)(=O)O. The van der Waals surface area contributed by atoms with E-state index in [0.29, 0.717) is 13.0 Å². The highest BCUT2D eigenvalue weighted by Gasteiger charge is 2.27. The van der Waals surface area contributed by atoms with E-state index in [9.17, 15) is 13.0 Å². The van der Waals surface area contributed by atoms with Crippen LogP contribution in [0.1, 0.15) is 38.1 Å². The number of allylic oxidation sites excluding steroid dienone is 2. The lowest BCUT2D eigenvalue weighted by Crippen LogP contribution is -2.33. The van der Waals surface area contributed by atoms with Crippen LogP contribution in [-0.4, -0.2) is 39.5 Å². The molecule has 0 fully saturated rings. The molecule has 0 atom stereocenters. The third kappa shape index (κ3) is 6.49. The first-order valence-electron chi connectivity index (χ1n) is 12.3. The van der Waals surface area contributed by atoms with Crippen LogP contribution >= 0.6 is 23.1 Å². The highest BCUT2D eigenvalue weighted by atomic mass is 32.2. The van der Waals surface area contributed by atoms with Gasteiger partial charge in [0.05, 0.1) is 36.8 Å². The molecule has 0 bridgehead atoms. The Bertz CT molecular complexity index is 1440. The molecule has 4 rings (SSSR count). The topological polar surface area (TPSA) is 80.0 Å². The van der Waals surface area contributed by atoms with Crippen molar-refractivity contribution in [3.05, 3.63) is 58.1 Å². The maximum atomic E-state index is 11.4. The zero-order valence-corrected chi connectivity index (χ0v) is 24.0. The summed E-state index contributed by atoms with van der Waals surface area (Å²) in [5, 5.41) is 2.20. The maximum Gasteiger partial charge on any atom is 0.264 e. The molecule has 37 heavy (non-hydrogen) atoms. The lowest BCUT2D eigenvalue weighted by Gasteiger charge is -2.21. The van der Waals surface area contributed by atoms with Crippen molar-refractivity contribution in [2.75, 3.05) is 31.4 Å². The first-order valence-corrected chi connectivity index (χ1v) is 15.5. The molecule has 0 spiro atoms. The molecule has 0 radical (unpaired) electrons. The number of benzene rings is 2. The third-order valence-corrected chi connectivity index (χ3v) is 9.16. The molecule has 198 valence electrons. The van der Waals surface area contributed by atoms with E-state index in [1.165, 1.54) is 15.3 Å². The number of thiazole rings is 1. The molecule has 2 heterocycles. The van der Waals surface area contributed by atoms with Crippen molar-refractivity contribution in [1.82, 2.24) is 0 Å². The number of hydrogen-bond acceptors (Lipinski definition) is 7. The van der Waals surface area contributed by atoms with Crippen LogP contribution in [-0.2, 0) is 16.7 Å². The van der Waals surface area contributed by atoms with Crippen molar-refractivity contribution in [3.8, 4) is 11.5 Å². The van der Waals surface area contributed by atoms with E-state index in [0.717, 1.165) is 52.0 Å². The first-order chi connectivity index (χ1) is 17.8. The molecular formula is C27H33N2O5S3+. The molecule has 1 aromatic heterocycles. The average molecular weight is 562 g/mol. The molecule has 0 unspecified atom stereocenters. The van der Waals surface area contributed by atoms with Crippen LogP contribution in [0.3, 0.4) is 0 Å². The van der Waals surface area contributed by atoms with E-state index in [4.69, 9.17) is 9.47 Å². The quantitative estimate of drug-likeness (QED) is 0.222. The Labute approximate surface area is 227 Å². The summed E-state index contributed by atoms with van der Waals surface area (Å²) in [5.74, 6) is 1.31. The highest BCUT2D eigenvalue weighted by molar-refractivity contribution is 8.03. The lowest BCUT2D eigenvalue weighted by molar-refractivity contribution is -0.665. The fourth-order valence-corrected chi connectivity index (χ4v) is 7.21. The average Bonchev–Trinajstić information content (AvgIpc) is 3.39. The molecule has 0 amide bonds. The first kappa shape index (κ1) is 27.5. The zero-order valence-electron chi connectivity index (χ0n) is 21.6. The number of fused-ring (bicyclic) bond motifs is 2. The fraction of sp³-hybridized carbons (Fsp3) is 0.370. The van der Waals surface area contributed by atoms with Crippen molar-refractivity contribution in [3.63, 3.8) is 0 Å². The Morgan fingerprint density at radius 2 is 1.84 bits per heavy atom. The van der Waals surface area contributed by atoms with E-state index in [1.54, 1.807) is 37.3 Å². The van der Waals surface area contributed by atoms with Crippen LogP contribution in [0.5, 0.6) is 11.5 Å². The minimum Gasteiger partial charge on any atom is -0.497 e. The minimum atomic E-state index is -4.02. The normalized spacial score (nSPS) is 15.0. The van der Waals surface area contributed by atoms with Gasteiger partial charge in [-0.1, -0.05) is 36.4 Å². The molecular weight excluding hydrogens is 529 g/mol.